The molecule has 3 aromatic rings. The Labute approximate surface area is 186 Å². The lowest BCUT2D eigenvalue weighted by atomic mass is 10.1. The first-order valence-corrected chi connectivity index (χ1v) is 9.60. The molecular weight excluding hydrogens is 430 g/mol. The zero-order valence-corrected chi connectivity index (χ0v) is 17.1. The quantitative estimate of drug-likeness (QED) is 0.227. The minimum atomic E-state index is -0.753. The fraction of sp³-hybridized carbons (Fsp3) is 0.0435. The van der Waals surface area contributed by atoms with Crippen molar-refractivity contribution in [2.24, 2.45) is 4.99 Å². The highest BCUT2D eigenvalue weighted by Gasteiger charge is 2.24. The molecule has 0 atom stereocenters. The Morgan fingerprint density at radius 3 is 2.39 bits per heavy atom. The highest BCUT2D eigenvalue weighted by Crippen LogP contribution is 2.34. The molecule has 0 bridgehead atoms. The predicted octanol–water partition coefficient (Wildman–Crippen LogP) is 4.95. The summed E-state index contributed by atoms with van der Waals surface area (Å²) in [5, 5.41) is 22.1. The van der Waals surface area contributed by atoms with Crippen molar-refractivity contribution in [2.75, 3.05) is 0 Å². The zero-order valence-electron chi connectivity index (χ0n) is 17.1. The van der Waals surface area contributed by atoms with Crippen LogP contribution in [0.15, 0.2) is 77.4 Å². The monoisotopic (exact) mass is 445 g/mol. The summed E-state index contributed by atoms with van der Waals surface area (Å²) in [6.07, 6.45) is 1.54. The van der Waals surface area contributed by atoms with Crippen LogP contribution in [0.4, 0.5) is 11.4 Å². The molecule has 0 fully saturated rings. The lowest BCUT2D eigenvalue weighted by Crippen LogP contribution is -2.05. The Hall–Kier alpha value is -4.86. The number of carbonyl (C=O) groups is 1. The first-order chi connectivity index (χ1) is 15.8. The number of carbonyl (C=O) groups excluding carboxylic acids is 1. The largest absolute Gasteiger partial charge is 0.450 e. The van der Waals surface area contributed by atoms with E-state index in [1.807, 2.05) is 25.1 Å². The number of nitrogens with zero attached hydrogens (tertiary/aromatic N) is 3. The van der Waals surface area contributed by atoms with Crippen molar-refractivity contribution >= 4 is 29.3 Å². The molecule has 33 heavy (non-hydrogen) atoms. The van der Waals surface area contributed by atoms with Crippen molar-refractivity contribution in [1.29, 1.82) is 0 Å². The summed E-state index contributed by atoms with van der Waals surface area (Å²) in [6, 6.07) is 16.9. The molecule has 10 nitrogen and oxygen atoms in total. The molecule has 164 valence electrons. The number of aliphatic imine (C=N–C) groups is 1. The van der Waals surface area contributed by atoms with Gasteiger partial charge in [0.2, 0.25) is 11.6 Å². The van der Waals surface area contributed by atoms with E-state index in [-0.39, 0.29) is 23.1 Å². The van der Waals surface area contributed by atoms with Gasteiger partial charge in [-0.15, -0.1) is 0 Å². The first-order valence-electron chi connectivity index (χ1n) is 9.60. The summed E-state index contributed by atoms with van der Waals surface area (Å²) >= 11 is 0. The van der Waals surface area contributed by atoms with Gasteiger partial charge in [-0.1, -0.05) is 29.8 Å². The van der Waals surface area contributed by atoms with Crippen molar-refractivity contribution in [3.63, 3.8) is 0 Å². The lowest BCUT2D eigenvalue weighted by Gasteiger charge is -2.06. The fourth-order valence-electron chi connectivity index (χ4n) is 3.08. The van der Waals surface area contributed by atoms with Crippen LogP contribution in [-0.4, -0.2) is 21.7 Å². The summed E-state index contributed by atoms with van der Waals surface area (Å²) in [5.74, 6) is -0.218. The molecule has 0 N–H and O–H groups in total. The van der Waals surface area contributed by atoms with Gasteiger partial charge in [0.05, 0.1) is 15.9 Å². The Bertz CT molecular complexity index is 1340. The second-order valence-electron chi connectivity index (χ2n) is 7.04. The number of non-ortho nitro benzene ring substituents is 1. The van der Waals surface area contributed by atoms with E-state index < -0.39 is 27.2 Å². The summed E-state index contributed by atoms with van der Waals surface area (Å²) in [4.78, 5) is 37.1. The molecule has 4 rings (SSSR count). The van der Waals surface area contributed by atoms with Crippen molar-refractivity contribution in [1.82, 2.24) is 0 Å². The van der Waals surface area contributed by atoms with E-state index in [1.165, 1.54) is 6.07 Å². The van der Waals surface area contributed by atoms with Crippen LogP contribution in [0, 0.1) is 27.2 Å². The van der Waals surface area contributed by atoms with Gasteiger partial charge in [-0.05, 0) is 48.9 Å². The highest BCUT2D eigenvalue weighted by atomic mass is 16.6. The predicted molar refractivity (Wildman–Crippen MR) is 118 cm³/mol. The van der Waals surface area contributed by atoms with Crippen LogP contribution in [0.5, 0.6) is 11.5 Å². The summed E-state index contributed by atoms with van der Waals surface area (Å²) < 4.78 is 10.8. The number of hydrogen-bond donors (Lipinski definition) is 0. The van der Waals surface area contributed by atoms with Crippen LogP contribution in [0.25, 0.3) is 6.08 Å². The van der Waals surface area contributed by atoms with Gasteiger partial charge in [0.15, 0.2) is 5.70 Å². The van der Waals surface area contributed by atoms with Gasteiger partial charge in [0.1, 0.15) is 5.75 Å². The van der Waals surface area contributed by atoms with E-state index in [1.54, 1.807) is 36.4 Å². The second-order valence-corrected chi connectivity index (χ2v) is 7.04. The molecule has 1 aliphatic heterocycles. The second kappa shape index (κ2) is 8.71. The number of hydrogen-bond acceptors (Lipinski definition) is 8. The molecule has 0 radical (unpaired) electrons. The molecule has 1 aliphatic rings. The van der Waals surface area contributed by atoms with Gasteiger partial charge >= 0.3 is 11.7 Å². The van der Waals surface area contributed by atoms with Gasteiger partial charge < -0.3 is 9.47 Å². The normalized spacial score (nSPS) is 14.0. The van der Waals surface area contributed by atoms with E-state index in [9.17, 15) is 25.0 Å². The van der Waals surface area contributed by atoms with Crippen LogP contribution in [-0.2, 0) is 9.53 Å². The van der Waals surface area contributed by atoms with Crippen molar-refractivity contribution < 1.29 is 24.1 Å². The molecule has 1 heterocycles. The van der Waals surface area contributed by atoms with E-state index in [2.05, 4.69) is 4.99 Å². The molecule has 0 spiro atoms. The fourth-order valence-corrected chi connectivity index (χ4v) is 3.08. The Morgan fingerprint density at radius 2 is 1.73 bits per heavy atom. The first kappa shape index (κ1) is 21.4. The number of benzene rings is 3. The maximum Gasteiger partial charge on any atom is 0.363 e. The van der Waals surface area contributed by atoms with Crippen LogP contribution in [0.1, 0.15) is 16.7 Å². The third-order valence-corrected chi connectivity index (χ3v) is 4.65. The van der Waals surface area contributed by atoms with E-state index in [0.717, 1.165) is 17.7 Å². The number of nitro groups is 2. The molecule has 10 heteroatoms. The van der Waals surface area contributed by atoms with Crippen LogP contribution in [0.2, 0.25) is 0 Å². The average molecular weight is 445 g/mol. The smallest absolute Gasteiger partial charge is 0.363 e. The topological polar surface area (TPSA) is 134 Å². The van der Waals surface area contributed by atoms with E-state index in [4.69, 9.17) is 9.47 Å². The van der Waals surface area contributed by atoms with Crippen LogP contribution < -0.4 is 4.74 Å². The van der Waals surface area contributed by atoms with Crippen molar-refractivity contribution in [3.05, 3.63) is 109 Å². The van der Waals surface area contributed by atoms with Crippen LogP contribution >= 0.6 is 0 Å². The van der Waals surface area contributed by atoms with Gasteiger partial charge in [0, 0.05) is 11.6 Å². The Morgan fingerprint density at radius 1 is 0.970 bits per heavy atom. The van der Waals surface area contributed by atoms with Crippen LogP contribution in [0.3, 0.4) is 0 Å². The SMILES string of the molecule is Cc1cccc(C2=NC(=Cc3ccc(Oc4ccc([N+](=O)[O-])cc4[N+](=O)[O-])cc3)C(=O)O2)c1. The zero-order chi connectivity index (χ0) is 23.5. The number of nitro benzene ring substituents is 2. The number of esters is 1. The van der Waals surface area contributed by atoms with Gasteiger partial charge in [-0.2, -0.15) is 0 Å². The standard InChI is InChI=1S/C23H15N3O7/c1-14-3-2-4-16(11-14)22-24-19(23(27)33-22)12-15-5-8-18(9-6-15)32-21-10-7-17(25(28)29)13-20(21)26(30)31/h2-13H,1H3. The molecule has 3 aromatic carbocycles. The number of rotatable bonds is 6. The third kappa shape index (κ3) is 4.74. The minimum Gasteiger partial charge on any atom is -0.450 e. The molecule has 0 aromatic heterocycles. The molecule has 0 unspecified atom stereocenters. The number of aryl methyl sites for hydroxylation is 1. The van der Waals surface area contributed by atoms with Gasteiger partial charge in [-0.25, -0.2) is 9.79 Å². The maximum absolute atomic E-state index is 12.2. The Balaban J connectivity index is 1.55. The minimum absolute atomic E-state index is 0.131. The number of ether oxygens (including phenoxy) is 2. The van der Waals surface area contributed by atoms with Crippen molar-refractivity contribution in [3.8, 4) is 11.5 Å². The molecule has 0 amide bonds. The number of cyclic esters (lactones) is 1. The Kier molecular flexibility index (Phi) is 5.64. The van der Waals surface area contributed by atoms with E-state index in [0.29, 0.717) is 11.1 Å². The third-order valence-electron chi connectivity index (χ3n) is 4.65. The highest BCUT2D eigenvalue weighted by molar-refractivity contribution is 6.12. The maximum atomic E-state index is 12.2. The van der Waals surface area contributed by atoms with Gasteiger partial charge in [-0.3, -0.25) is 20.2 Å². The summed E-state index contributed by atoms with van der Waals surface area (Å²) in [7, 11) is 0. The van der Waals surface area contributed by atoms with Crippen molar-refractivity contribution in [2.45, 2.75) is 6.92 Å². The molecular formula is C23H15N3O7. The molecule has 0 saturated heterocycles. The van der Waals surface area contributed by atoms with E-state index >= 15 is 0 Å². The summed E-state index contributed by atoms with van der Waals surface area (Å²) in [5.41, 5.74) is 1.52. The lowest BCUT2D eigenvalue weighted by molar-refractivity contribution is -0.394. The molecule has 0 saturated carbocycles. The average Bonchev–Trinajstić information content (AvgIpc) is 3.15. The summed E-state index contributed by atoms with van der Waals surface area (Å²) in [6.45, 7) is 1.92. The molecule has 0 aliphatic carbocycles. The van der Waals surface area contributed by atoms with Gasteiger partial charge in [0.25, 0.3) is 5.69 Å².